The number of rotatable bonds is 3. The van der Waals surface area contributed by atoms with Gasteiger partial charge in [-0.2, -0.15) is 0 Å². The normalized spacial score (nSPS) is 28.9. The maximum atomic E-state index is 10.3. The van der Waals surface area contributed by atoms with Crippen LogP contribution in [-0.2, 0) is 4.74 Å². The third kappa shape index (κ3) is 2.42. The second-order valence-corrected chi connectivity index (χ2v) is 4.70. The highest BCUT2D eigenvalue weighted by molar-refractivity contribution is 5.16. The Hall–Kier alpha value is -0.930. The minimum Gasteiger partial charge on any atom is -0.392 e. The lowest BCUT2D eigenvalue weighted by molar-refractivity contribution is 0.0669. The van der Waals surface area contributed by atoms with Gasteiger partial charge in [0, 0.05) is 24.2 Å². The van der Waals surface area contributed by atoms with Crippen molar-refractivity contribution in [3.05, 3.63) is 30.1 Å². The van der Waals surface area contributed by atoms with Crippen molar-refractivity contribution >= 4 is 0 Å². The lowest BCUT2D eigenvalue weighted by Gasteiger charge is -2.23. The molecule has 1 saturated heterocycles. The van der Waals surface area contributed by atoms with Crippen molar-refractivity contribution in [1.82, 2.24) is 4.98 Å². The molecule has 1 aliphatic rings. The fourth-order valence-corrected chi connectivity index (χ4v) is 2.36. The first-order chi connectivity index (χ1) is 7.68. The summed E-state index contributed by atoms with van der Waals surface area (Å²) < 4.78 is 5.50. The molecule has 4 atom stereocenters. The van der Waals surface area contributed by atoms with E-state index in [2.05, 4.69) is 18.8 Å². The van der Waals surface area contributed by atoms with Crippen LogP contribution >= 0.6 is 0 Å². The van der Waals surface area contributed by atoms with E-state index in [1.54, 1.807) is 12.4 Å². The Morgan fingerprint density at radius 1 is 1.44 bits per heavy atom. The number of aromatic nitrogens is 1. The minimum absolute atomic E-state index is 0.141. The summed E-state index contributed by atoms with van der Waals surface area (Å²) in [5, 5.41) is 10.3. The second kappa shape index (κ2) is 4.93. The van der Waals surface area contributed by atoms with Crippen LogP contribution in [0.4, 0.5) is 0 Å². The first-order valence-electron chi connectivity index (χ1n) is 5.88. The van der Waals surface area contributed by atoms with Gasteiger partial charge in [0.1, 0.15) is 0 Å². The van der Waals surface area contributed by atoms with E-state index in [0.29, 0.717) is 6.61 Å². The maximum Gasteiger partial charge on any atom is 0.0657 e. The van der Waals surface area contributed by atoms with Gasteiger partial charge in [-0.1, -0.05) is 6.92 Å². The van der Waals surface area contributed by atoms with Crippen LogP contribution in [-0.4, -0.2) is 28.9 Å². The zero-order valence-electron chi connectivity index (χ0n) is 9.84. The standard InChI is InChI=1S/C13H19NO2/c1-9-7-12(8-16-9)13(15)10(2)11-3-5-14-6-4-11/h3-6,9-10,12-13,15H,7-8H2,1-2H3. The lowest BCUT2D eigenvalue weighted by Crippen LogP contribution is -2.26. The summed E-state index contributed by atoms with van der Waals surface area (Å²) in [5.41, 5.74) is 1.14. The molecular formula is C13H19NO2. The van der Waals surface area contributed by atoms with Crippen LogP contribution in [0.5, 0.6) is 0 Å². The maximum absolute atomic E-state index is 10.3. The number of ether oxygens (including phenoxy) is 1. The van der Waals surface area contributed by atoms with Crippen molar-refractivity contribution < 1.29 is 9.84 Å². The molecule has 4 unspecified atom stereocenters. The molecule has 2 rings (SSSR count). The highest BCUT2D eigenvalue weighted by Gasteiger charge is 2.31. The molecule has 0 amide bonds. The summed E-state index contributed by atoms with van der Waals surface area (Å²) in [7, 11) is 0. The Kier molecular flexibility index (Phi) is 3.56. The van der Waals surface area contributed by atoms with Crippen molar-refractivity contribution in [1.29, 1.82) is 0 Å². The molecule has 1 fully saturated rings. The van der Waals surface area contributed by atoms with E-state index in [4.69, 9.17) is 4.74 Å². The van der Waals surface area contributed by atoms with E-state index in [1.165, 1.54) is 0 Å². The van der Waals surface area contributed by atoms with Crippen molar-refractivity contribution in [2.75, 3.05) is 6.61 Å². The van der Waals surface area contributed by atoms with Gasteiger partial charge in [-0.05, 0) is 31.0 Å². The Balaban J connectivity index is 2.02. The molecular weight excluding hydrogens is 202 g/mol. The summed E-state index contributed by atoms with van der Waals surface area (Å²) in [6, 6.07) is 3.93. The molecule has 0 aliphatic carbocycles. The number of hydrogen-bond acceptors (Lipinski definition) is 3. The third-order valence-electron chi connectivity index (χ3n) is 3.46. The third-order valence-corrected chi connectivity index (χ3v) is 3.46. The van der Waals surface area contributed by atoms with Gasteiger partial charge in [0.2, 0.25) is 0 Å². The monoisotopic (exact) mass is 221 g/mol. The molecule has 1 aromatic heterocycles. The van der Waals surface area contributed by atoms with Crippen LogP contribution < -0.4 is 0 Å². The van der Waals surface area contributed by atoms with Gasteiger partial charge < -0.3 is 9.84 Å². The SMILES string of the molecule is CC1CC(C(O)C(C)c2ccncc2)CO1. The molecule has 0 spiro atoms. The van der Waals surface area contributed by atoms with Crippen LogP contribution in [0.2, 0.25) is 0 Å². The number of nitrogens with zero attached hydrogens (tertiary/aromatic N) is 1. The number of pyridine rings is 1. The van der Waals surface area contributed by atoms with E-state index in [-0.39, 0.29) is 24.0 Å². The highest BCUT2D eigenvalue weighted by atomic mass is 16.5. The van der Waals surface area contributed by atoms with Gasteiger partial charge >= 0.3 is 0 Å². The summed E-state index contributed by atoms with van der Waals surface area (Å²) >= 11 is 0. The molecule has 1 N–H and O–H groups in total. The number of aliphatic hydroxyl groups is 1. The van der Waals surface area contributed by atoms with E-state index >= 15 is 0 Å². The smallest absolute Gasteiger partial charge is 0.0657 e. The fourth-order valence-electron chi connectivity index (χ4n) is 2.36. The minimum atomic E-state index is -0.327. The molecule has 1 aliphatic heterocycles. The van der Waals surface area contributed by atoms with E-state index in [9.17, 15) is 5.11 Å². The summed E-state index contributed by atoms with van der Waals surface area (Å²) in [5.74, 6) is 0.403. The van der Waals surface area contributed by atoms with E-state index < -0.39 is 0 Å². The van der Waals surface area contributed by atoms with Gasteiger partial charge in [-0.15, -0.1) is 0 Å². The Morgan fingerprint density at radius 2 is 2.12 bits per heavy atom. The molecule has 2 heterocycles. The highest BCUT2D eigenvalue weighted by Crippen LogP contribution is 2.30. The van der Waals surface area contributed by atoms with Crippen LogP contribution in [0.1, 0.15) is 31.7 Å². The first kappa shape index (κ1) is 11.6. The van der Waals surface area contributed by atoms with Crippen LogP contribution in [0.25, 0.3) is 0 Å². The lowest BCUT2D eigenvalue weighted by atomic mass is 9.86. The van der Waals surface area contributed by atoms with Crippen LogP contribution in [0, 0.1) is 5.92 Å². The summed E-state index contributed by atoms with van der Waals surface area (Å²) in [6.45, 7) is 4.80. The molecule has 1 aromatic rings. The predicted molar refractivity (Wildman–Crippen MR) is 62.2 cm³/mol. The summed E-state index contributed by atoms with van der Waals surface area (Å²) in [6.07, 6.45) is 4.45. The van der Waals surface area contributed by atoms with Crippen LogP contribution in [0.15, 0.2) is 24.5 Å². The first-order valence-corrected chi connectivity index (χ1v) is 5.88. The van der Waals surface area contributed by atoms with Crippen LogP contribution in [0.3, 0.4) is 0 Å². The second-order valence-electron chi connectivity index (χ2n) is 4.70. The average molecular weight is 221 g/mol. The van der Waals surface area contributed by atoms with Crippen molar-refractivity contribution in [3.8, 4) is 0 Å². The Morgan fingerprint density at radius 3 is 2.69 bits per heavy atom. The molecule has 3 heteroatoms. The van der Waals surface area contributed by atoms with E-state index in [0.717, 1.165) is 12.0 Å². The number of hydrogen-bond donors (Lipinski definition) is 1. The molecule has 0 bridgehead atoms. The molecule has 16 heavy (non-hydrogen) atoms. The molecule has 3 nitrogen and oxygen atoms in total. The van der Waals surface area contributed by atoms with Crippen molar-refractivity contribution in [2.45, 2.75) is 38.4 Å². The largest absolute Gasteiger partial charge is 0.392 e. The summed E-state index contributed by atoms with van der Waals surface area (Å²) in [4.78, 5) is 3.99. The Labute approximate surface area is 96.5 Å². The van der Waals surface area contributed by atoms with Gasteiger partial charge in [-0.25, -0.2) is 0 Å². The zero-order valence-corrected chi connectivity index (χ0v) is 9.84. The van der Waals surface area contributed by atoms with Crippen molar-refractivity contribution in [3.63, 3.8) is 0 Å². The van der Waals surface area contributed by atoms with Gasteiger partial charge in [0.15, 0.2) is 0 Å². The number of aliphatic hydroxyl groups excluding tert-OH is 1. The average Bonchev–Trinajstić information content (AvgIpc) is 2.75. The fraction of sp³-hybridized carbons (Fsp3) is 0.615. The predicted octanol–water partition coefficient (Wildman–Crippen LogP) is 1.97. The molecule has 0 radical (unpaired) electrons. The van der Waals surface area contributed by atoms with Crippen molar-refractivity contribution in [2.24, 2.45) is 5.92 Å². The molecule has 0 saturated carbocycles. The molecule has 88 valence electrons. The van der Waals surface area contributed by atoms with Gasteiger partial charge in [-0.3, -0.25) is 4.98 Å². The van der Waals surface area contributed by atoms with Gasteiger partial charge in [0.05, 0.1) is 18.8 Å². The van der Waals surface area contributed by atoms with Gasteiger partial charge in [0.25, 0.3) is 0 Å². The van der Waals surface area contributed by atoms with E-state index in [1.807, 2.05) is 12.1 Å². The topological polar surface area (TPSA) is 42.4 Å². The Bertz CT molecular complexity index is 328. The quantitative estimate of drug-likeness (QED) is 0.848. The zero-order chi connectivity index (χ0) is 11.5. The molecule has 0 aromatic carbocycles.